The maximum atomic E-state index is 8.95. The Morgan fingerprint density at radius 2 is 2.04 bits per heavy atom. The van der Waals surface area contributed by atoms with Gasteiger partial charge in [0.2, 0.25) is 0 Å². The number of likely N-dealkylation sites (tertiary alicyclic amines) is 1. The Kier molecular flexibility index (Phi) is 5.82. The van der Waals surface area contributed by atoms with Crippen LogP contribution in [0.3, 0.4) is 0 Å². The zero-order valence-electron chi connectivity index (χ0n) is 14.3. The number of hydrogen-bond donors (Lipinski definition) is 1. The summed E-state index contributed by atoms with van der Waals surface area (Å²) in [7, 11) is 2.01. The van der Waals surface area contributed by atoms with Crippen molar-refractivity contribution in [1.82, 2.24) is 19.7 Å². The molecular weight excluding hydrogens is 304 g/mol. The minimum absolute atomic E-state index is 0.0434. The van der Waals surface area contributed by atoms with Gasteiger partial charge in [0.05, 0.1) is 6.61 Å². The van der Waals surface area contributed by atoms with Gasteiger partial charge in [0.25, 0.3) is 0 Å². The first kappa shape index (κ1) is 16.9. The first-order valence-corrected chi connectivity index (χ1v) is 8.63. The number of ether oxygens (including phenoxy) is 1. The van der Waals surface area contributed by atoms with Crippen LogP contribution in [0.25, 0.3) is 0 Å². The molecule has 0 unspecified atom stereocenters. The van der Waals surface area contributed by atoms with Gasteiger partial charge in [-0.25, -0.2) is 0 Å². The summed E-state index contributed by atoms with van der Waals surface area (Å²) in [5.41, 5.74) is 1.19. The van der Waals surface area contributed by atoms with Crippen LogP contribution in [-0.4, -0.2) is 51.1 Å². The maximum absolute atomic E-state index is 8.95. The maximum Gasteiger partial charge on any atom is 0.132 e. The molecule has 1 aliphatic heterocycles. The lowest BCUT2D eigenvalue weighted by atomic mass is 9.93. The van der Waals surface area contributed by atoms with Crippen molar-refractivity contribution >= 4 is 0 Å². The third-order valence-corrected chi connectivity index (χ3v) is 4.70. The topological polar surface area (TPSA) is 63.4 Å². The van der Waals surface area contributed by atoms with E-state index in [-0.39, 0.29) is 6.61 Å². The van der Waals surface area contributed by atoms with E-state index in [1.807, 2.05) is 29.8 Å². The molecule has 24 heavy (non-hydrogen) atoms. The lowest BCUT2D eigenvalue weighted by molar-refractivity contribution is 0.169. The van der Waals surface area contributed by atoms with Crippen LogP contribution in [-0.2, 0) is 20.0 Å². The molecule has 0 bridgehead atoms. The largest absolute Gasteiger partial charge is 0.491 e. The minimum atomic E-state index is 0.0434. The number of nitrogens with zero attached hydrogens (tertiary/aromatic N) is 4. The van der Waals surface area contributed by atoms with Crippen molar-refractivity contribution < 1.29 is 9.84 Å². The highest BCUT2D eigenvalue weighted by Gasteiger charge is 2.21. The van der Waals surface area contributed by atoms with E-state index in [0.717, 1.165) is 37.6 Å². The SMILES string of the molecule is Cn1cnnc1CC1CCN(Cc2ccccc2OCCO)CC1. The number of para-hydroxylation sites is 1. The summed E-state index contributed by atoms with van der Waals surface area (Å²) in [6.07, 6.45) is 5.16. The number of aliphatic hydroxyl groups is 1. The van der Waals surface area contributed by atoms with Crippen molar-refractivity contribution in [3.05, 3.63) is 42.0 Å². The molecule has 130 valence electrons. The highest BCUT2D eigenvalue weighted by molar-refractivity contribution is 5.33. The zero-order valence-corrected chi connectivity index (χ0v) is 14.3. The number of aromatic nitrogens is 3. The molecule has 2 heterocycles. The smallest absolute Gasteiger partial charge is 0.132 e. The molecule has 0 saturated carbocycles. The van der Waals surface area contributed by atoms with Crippen molar-refractivity contribution in [2.45, 2.75) is 25.8 Å². The van der Waals surface area contributed by atoms with E-state index < -0.39 is 0 Å². The first-order valence-electron chi connectivity index (χ1n) is 8.63. The van der Waals surface area contributed by atoms with E-state index in [1.54, 1.807) is 6.33 Å². The lowest BCUT2D eigenvalue weighted by Gasteiger charge is -2.32. The van der Waals surface area contributed by atoms with Crippen molar-refractivity contribution in [2.24, 2.45) is 13.0 Å². The fraction of sp³-hybridized carbons (Fsp3) is 0.556. The molecule has 0 atom stereocenters. The van der Waals surface area contributed by atoms with Crippen molar-refractivity contribution in [3.8, 4) is 5.75 Å². The third-order valence-electron chi connectivity index (χ3n) is 4.70. The van der Waals surface area contributed by atoms with Crippen LogP contribution >= 0.6 is 0 Å². The van der Waals surface area contributed by atoms with Gasteiger partial charge < -0.3 is 14.4 Å². The molecule has 6 heteroatoms. The average Bonchev–Trinajstić information content (AvgIpc) is 3.01. The molecule has 0 amide bonds. The highest BCUT2D eigenvalue weighted by Crippen LogP contribution is 2.25. The van der Waals surface area contributed by atoms with Gasteiger partial charge in [-0.2, -0.15) is 0 Å². The summed E-state index contributed by atoms with van der Waals surface area (Å²) in [5.74, 6) is 2.65. The lowest BCUT2D eigenvalue weighted by Crippen LogP contribution is -2.34. The molecule has 1 aromatic heterocycles. The standard InChI is InChI=1S/C18H26N4O2/c1-21-14-19-20-18(21)12-15-6-8-22(9-7-15)13-16-4-2-3-5-17(16)24-11-10-23/h2-5,14-15,23H,6-13H2,1H3. The molecule has 1 saturated heterocycles. The second-order valence-corrected chi connectivity index (χ2v) is 6.46. The molecule has 2 aromatic rings. The van der Waals surface area contributed by atoms with Crippen molar-refractivity contribution in [1.29, 1.82) is 0 Å². The summed E-state index contributed by atoms with van der Waals surface area (Å²) in [4.78, 5) is 2.48. The highest BCUT2D eigenvalue weighted by atomic mass is 16.5. The van der Waals surface area contributed by atoms with Crippen LogP contribution < -0.4 is 4.74 Å². The van der Waals surface area contributed by atoms with Crippen LogP contribution in [0.4, 0.5) is 0 Å². The normalized spacial score (nSPS) is 16.4. The second kappa shape index (κ2) is 8.26. The number of benzene rings is 1. The Labute approximate surface area is 143 Å². The summed E-state index contributed by atoms with van der Waals surface area (Å²) in [5, 5.41) is 17.1. The monoisotopic (exact) mass is 330 g/mol. The summed E-state index contributed by atoms with van der Waals surface area (Å²) >= 11 is 0. The van der Waals surface area contributed by atoms with Crippen LogP contribution in [0.15, 0.2) is 30.6 Å². The number of rotatable bonds is 7. The Morgan fingerprint density at radius 1 is 1.25 bits per heavy atom. The van der Waals surface area contributed by atoms with Crippen LogP contribution in [0.1, 0.15) is 24.2 Å². The molecule has 6 nitrogen and oxygen atoms in total. The van der Waals surface area contributed by atoms with Crippen LogP contribution in [0.5, 0.6) is 5.75 Å². The minimum Gasteiger partial charge on any atom is -0.491 e. The fourth-order valence-corrected chi connectivity index (χ4v) is 3.27. The predicted molar refractivity (Wildman–Crippen MR) is 91.7 cm³/mol. The van der Waals surface area contributed by atoms with E-state index in [4.69, 9.17) is 9.84 Å². The third kappa shape index (κ3) is 4.33. The van der Waals surface area contributed by atoms with Gasteiger partial charge >= 0.3 is 0 Å². The molecule has 1 N–H and O–H groups in total. The molecule has 0 radical (unpaired) electrons. The molecule has 1 fully saturated rings. The summed E-state index contributed by atoms with van der Waals surface area (Å²) in [6.45, 7) is 3.48. The van der Waals surface area contributed by atoms with E-state index in [0.29, 0.717) is 12.5 Å². The van der Waals surface area contributed by atoms with Gasteiger partial charge in [-0.15, -0.1) is 10.2 Å². The van der Waals surface area contributed by atoms with E-state index in [9.17, 15) is 0 Å². The van der Waals surface area contributed by atoms with E-state index in [1.165, 1.54) is 18.4 Å². The molecular formula is C18H26N4O2. The number of hydrogen-bond acceptors (Lipinski definition) is 5. The van der Waals surface area contributed by atoms with E-state index in [2.05, 4.69) is 21.2 Å². The van der Waals surface area contributed by atoms with Gasteiger partial charge in [0, 0.05) is 25.6 Å². The second-order valence-electron chi connectivity index (χ2n) is 6.46. The Balaban J connectivity index is 1.51. The van der Waals surface area contributed by atoms with Gasteiger partial charge in [-0.3, -0.25) is 4.90 Å². The average molecular weight is 330 g/mol. The van der Waals surface area contributed by atoms with Crippen LogP contribution in [0.2, 0.25) is 0 Å². The van der Waals surface area contributed by atoms with Crippen LogP contribution in [0, 0.1) is 5.92 Å². The quantitative estimate of drug-likeness (QED) is 0.836. The van der Waals surface area contributed by atoms with Gasteiger partial charge in [0.15, 0.2) is 0 Å². The van der Waals surface area contributed by atoms with Crippen molar-refractivity contribution in [2.75, 3.05) is 26.3 Å². The van der Waals surface area contributed by atoms with Gasteiger partial charge in [0.1, 0.15) is 24.5 Å². The Morgan fingerprint density at radius 3 is 2.75 bits per heavy atom. The van der Waals surface area contributed by atoms with Gasteiger partial charge in [-0.1, -0.05) is 18.2 Å². The predicted octanol–water partition coefficient (Wildman–Crippen LogP) is 1.64. The summed E-state index contributed by atoms with van der Waals surface area (Å²) < 4.78 is 7.65. The molecule has 1 aromatic carbocycles. The Hall–Kier alpha value is -1.92. The molecule has 3 rings (SSSR count). The zero-order chi connectivity index (χ0) is 16.8. The van der Waals surface area contributed by atoms with Crippen molar-refractivity contribution in [3.63, 3.8) is 0 Å². The Bertz CT molecular complexity index is 635. The number of piperidine rings is 1. The van der Waals surface area contributed by atoms with E-state index >= 15 is 0 Å². The molecule has 1 aliphatic rings. The first-order chi connectivity index (χ1) is 11.8. The van der Waals surface area contributed by atoms with Gasteiger partial charge in [-0.05, 0) is 37.9 Å². The number of aliphatic hydroxyl groups excluding tert-OH is 1. The molecule has 0 spiro atoms. The molecule has 0 aliphatic carbocycles. The number of aryl methyl sites for hydroxylation is 1. The summed E-state index contributed by atoms with van der Waals surface area (Å²) in [6, 6.07) is 8.11. The fourth-order valence-electron chi connectivity index (χ4n) is 3.27.